The van der Waals surface area contributed by atoms with Crippen LogP contribution in [-0.2, 0) is 6.54 Å². The topological polar surface area (TPSA) is 55.9 Å². The third-order valence-electron chi connectivity index (χ3n) is 3.99. The summed E-state index contributed by atoms with van der Waals surface area (Å²) in [5.41, 5.74) is 7.85. The molecule has 3 N–H and O–H groups in total. The molecule has 0 aliphatic heterocycles. The second-order valence-corrected chi connectivity index (χ2v) is 5.92. The number of hydrogen-bond acceptors (Lipinski definition) is 3. The number of nitrogens with one attached hydrogen (secondary N) is 1. The van der Waals surface area contributed by atoms with Crippen LogP contribution in [0.4, 0.5) is 11.5 Å². The lowest BCUT2D eigenvalue weighted by molar-refractivity contribution is 0.280. The molecule has 0 bridgehead atoms. The van der Waals surface area contributed by atoms with Crippen LogP contribution in [0.25, 0.3) is 0 Å². The van der Waals surface area contributed by atoms with Crippen molar-refractivity contribution < 1.29 is 0 Å². The molecule has 1 aliphatic carbocycles. The molecule has 2 atom stereocenters. The van der Waals surface area contributed by atoms with Gasteiger partial charge in [0, 0.05) is 12.6 Å². The first kappa shape index (κ1) is 13.2. The summed E-state index contributed by atoms with van der Waals surface area (Å²) in [5, 5.41) is 8.09. The van der Waals surface area contributed by atoms with E-state index >= 15 is 0 Å². The van der Waals surface area contributed by atoms with Gasteiger partial charge in [0.2, 0.25) is 0 Å². The predicted molar refractivity (Wildman–Crippen MR) is 76.6 cm³/mol. The maximum absolute atomic E-state index is 6.12. The van der Waals surface area contributed by atoms with E-state index in [1.807, 2.05) is 11.6 Å². The van der Waals surface area contributed by atoms with E-state index in [1.54, 1.807) is 0 Å². The zero-order chi connectivity index (χ0) is 13.3. The lowest BCUT2D eigenvalue weighted by atomic mass is 9.80. The minimum absolute atomic E-state index is 0.535. The molecule has 0 saturated heterocycles. The number of nitrogen functional groups attached to an aromatic ring is 1. The summed E-state index contributed by atoms with van der Waals surface area (Å²) in [6, 6.07) is 0.535. The zero-order valence-corrected chi connectivity index (χ0v) is 12.0. The Morgan fingerprint density at radius 1 is 1.28 bits per heavy atom. The quantitative estimate of drug-likeness (QED) is 0.867. The van der Waals surface area contributed by atoms with Crippen LogP contribution in [0.5, 0.6) is 0 Å². The number of nitrogens with two attached hydrogens (primary N) is 1. The lowest BCUT2D eigenvalue weighted by Crippen LogP contribution is -2.31. The fraction of sp³-hybridized carbons (Fsp3) is 0.786. The minimum atomic E-state index is 0.535. The molecule has 4 heteroatoms. The van der Waals surface area contributed by atoms with Crippen LogP contribution in [-0.4, -0.2) is 15.8 Å². The second-order valence-electron chi connectivity index (χ2n) is 5.92. The van der Waals surface area contributed by atoms with Gasteiger partial charge in [0.25, 0.3) is 0 Å². The SMILES string of the molecule is CCn1nc(C)c(N)c1NC1CC(C)CC(C)C1. The molecule has 1 aromatic heterocycles. The van der Waals surface area contributed by atoms with E-state index in [0.29, 0.717) is 6.04 Å². The van der Waals surface area contributed by atoms with Crippen molar-refractivity contribution in [2.45, 2.75) is 59.5 Å². The third-order valence-corrected chi connectivity index (χ3v) is 3.99. The number of aryl methyl sites for hydroxylation is 2. The summed E-state index contributed by atoms with van der Waals surface area (Å²) in [6.07, 6.45) is 3.81. The van der Waals surface area contributed by atoms with Gasteiger partial charge in [-0.2, -0.15) is 5.10 Å². The van der Waals surface area contributed by atoms with E-state index in [9.17, 15) is 0 Å². The lowest BCUT2D eigenvalue weighted by Gasteiger charge is -2.32. The van der Waals surface area contributed by atoms with E-state index in [-0.39, 0.29) is 0 Å². The van der Waals surface area contributed by atoms with Gasteiger partial charge in [-0.25, -0.2) is 4.68 Å². The Bertz CT molecular complexity index is 400. The normalized spacial score (nSPS) is 28.3. The van der Waals surface area contributed by atoms with Gasteiger partial charge in [-0.15, -0.1) is 0 Å². The summed E-state index contributed by atoms with van der Waals surface area (Å²) < 4.78 is 1.98. The fourth-order valence-corrected chi connectivity index (χ4v) is 3.23. The summed E-state index contributed by atoms with van der Waals surface area (Å²) in [5.74, 6) is 2.61. The molecule has 1 heterocycles. The van der Waals surface area contributed by atoms with Crippen molar-refractivity contribution in [1.29, 1.82) is 0 Å². The van der Waals surface area contributed by atoms with E-state index in [4.69, 9.17) is 5.73 Å². The Morgan fingerprint density at radius 3 is 2.44 bits per heavy atom. The Morgan fingerprint density at radius 2 is 1.89 bits per heavy atom. The molecule has 0 aromatic carbocycles. The van der Waals surface area contributed by atoms with Gasteiger partial charge in [0.1, 0.15) is 5.82 Å². The van der Waals surface area contributed by atoms with Crippen LogP contribution in [0.2, 0.25) is 0 Å². The third kappa shape index (κ3) is 2.62. The highest BCUT2D eigenvalue weighted by atomic mass is 15.3. The minimum Gasteiger partial charge on any atom is -0.394 e. The number of hydrogen-bond donors (Lipinski definition) is 2. The number of nitrogens with zero attached hydrogens (tertiary/aromatic N) is 2. The van der Waals surface area contributed by atoms with Crippen molar-refractivity contribution in [3.8, 4) is 0 Å². The number of rotatable bonds is 3. The van der Waals surface area contributed by atoms with Crippen molar-refractivity contribution in [2.24, 2.45) is 11.8 Å². The van der Waals surface area contributed by atoms with Crippen LogP contribution in [0.1, 0.15) is 45.7 Å². The molecule has 4 nitrogen and oxygen atoms in total. The smallest absolute Gasteiger partial charge is 0.148 e. The molecule has 2 unspecified atom stereocenters. The second kappa shape index (κ2) is 5.21. The maximum atomic E-state index is 6.12. The van der Waals surface area contributed by atoms with E-state index in [1.165, 1.54) is 19.3 Å². The molecular formula is C14H26N4. The largest absolute Gasteiger partial charge is 0.394 e. The van der Waals surface area contributed by atoms with Crippen molar-refractivity contribution >= 4 is 11.5 Å². The van der Waals surface area contributed by atoms with Crippen LogP contribution >= 0.6 is 0 Å². The molecule has 0 radical (unpaired) electrons. The average Bonchev–Trinajstić information content (AvgIpc) is 2.55. The molecule has 1 aliphatic rings. The molecule has 0 spiro atoms. The summed E-state index contributed by atoms with van der Waals surface area (Å²) in [4.78, 5) is 0. The Hall–Kier alpha value is -1.19. The van der Waals surface area contributed by atoms with Crippen molar-refractivity contribution in [2.75, 3.05) is 11.1 Å². The standard InChI is InChI=1S/C14H26N4/c1-5-18-14(13(15)11(4)17-18)16-12-7-9(2)6-10(3)8-12/h9-10,12,16H,5-8,15H2,1-4H3. The molecule has 18 heavy (non-hydrogen) atoms. The molecule has 1 saturated carbocycles. The first-order valence-corrected chi connectivity index (χ1v) is 7.10. The first-order chi connectivity index (χ1) is 8.51. The van der Waals surface area contributed by atoms with E-state index in [0.717, 1.165) is 35.6 Å². The van der Waals surface area contributed by atoms with Gasteiger partial charge < -0.3 is 11.1 Å². The van der Waals surface area contributed by atoms with Crippen molar-refractivity contribution in [3.63, 3.8) is 0 Å². The van der Waals surface area contributed by atoms with Gasteiger partial charge >= 0.3 is 0 Å². The number of aromatic nitrogens is 2. The van der Waals surface area contributed by atoms with Crippen LogP contribution in [0, 0.1) is 18.8 Å². The number of anilines is 2. The van der Waals surface area contributed by atoms with E-state index < -0.39 is 0 Å². The zero-order valence-electron chi connectivity index (χ0n) is 12.0. The first-order valence-electron chi connectivity index (χ1n) is 7.10. The van der Waals surface area contributed by atoms with Gasteiger partial charge in [-0.1, -0.05) is 13.8 Å². The van der Waals surface area contributed by atoms with Gasteiger partial charge in [-0.05, 0) is 44.9 Å². The van der Waals surface area contributed by atoms with Gasteiger partial charge in [0.15, 0.2) is 0 Å². The van der Waals surface area contributed by atoms with Gasteiger partial charge in [0.05, 0.1) is 11.4 Å². The highest BCUT2D eigenvalue weighted by Gasteiger charge is 2.25. The van der Waals surface area contributed by atoms with Crippen molar-refractivity contribution in [1.82, 2.24) is 9.78 Å². The van der Waals surface area contributed by atoms with Crippen molar-refractivity contribution in [3.05, 3.63) is 5.69 Å². The maximum Gasteiger partial charge on any atom is 0.148 e. The van der Waals surface area contributed by atoms with Crippen LogP contribution in [0.15, 0.2) is 0 Å². The van der Waals surface area contributed by atoms with E-state index in [2.05, 4.69) is 31.2 Å². The van der Waals surface area contributed by atoms with Gasteiger partial charge in [-0.3, -0.25) is 0 Å². The molecule has 102 valence electrons. The monoisotopic (exact) mass is 250 g/mol. The fourth-order valence-electron chi connectivity index (χ4n) is 3.23. The Balaban J connectivity index is 2.13. The summed E-state index contributed by atoms with van der Waals surface area (Å²) in [6.45, 7) is 9.62. The average molecular weight is 250 g/mol. The molecule has 1 fully saturated rings. The Labute approximate surface area is 110 Å². The van der Waals surface area contributed by atoms with Crippen LogP contribution in [0.3, 0.4) is 0 Å². The highest BCUT2D eigenvalue weighted by Crippen LogP contribution is 2.32. The molecule has 2 rings (SSSR count). The molecule has 1 aromatic rings. The Kier molecular flexibility index (Phi) is 3.83. The summed E-state index contributed by atoms with van der Waals surface area (Å²) in [7, 11) is 0. The summed E-state index contributed by atoms with van der Waals surface area (Å²) >= 11 is 0. The highest BCUT2D eigenvalue weighted by molar-refractivity contribution is 5.65. The predicted octanol–water partition coefficient (Wildman–Crippen LogP) is 3.03. The van der Waals surface area contributed by atoms with Crippen LogP contribution < -0.4 is 11.1 Å². The molecule has 0 amide bonds. The molecular weight excluding hydrogens is 224 g/mol.